The summed E-state index contributed by atoms with van der Waals surface area (Å²) in [5.41, 5.74) is 2.20. The zero-order chi connectivity index (χ0) is 20.7. The van der Waals surface area contributed by atoms with Gasteiger partial charge in [0.15, 0.2) is 5.78 Å². The second kappa shape index (κ2) is 7.40. The third-order valence-electron chi connectivity index (χ3n) is 6.25. The first-order chi connectivity index (χ1) is 14.6. The second-order valence-corrected chi connectivity index (χ2v) is 8.62. The van der Waals surface area contributed by atoms with Crippen molar-refractivity contribution in [1.82, 2.24) is 14.9 Å². The summed E-state index contributed by atoms with van der Waals surface area (Å²) in [6.07, 6.45) is 6.96. The van der Waals surface area contributed by atoms with Crippen LogP contribution in [-0.2, 0) is 11.2 Å². The monoisotopic (exact) mass is 419 g/mol. The topological polar surface area (TPSA) is 64.0 Å². The van der Waals surface area contributed by atoms with Crippen LogP contribution in [0, 0.1) is 5.41 Å². The van der Waals surface area contributed by atoms with Crippen molar-refractivity contribution in [3.05, 3.63) is 82.9 Å². The van der Waals surface area contributed by atoms with Gasteiger partial charge >= 0.3 is 0 Å². The van der Waals surface area contributed by atoms with E-state index in [-0.39, 0.29) is 24.2 Å². The molecule has 1 aliphatic heterocycles. The summed E-state index contributed by atoms with van der Waals surface area (Å²) in [5.74, 6) is 0.693. The molecular weight excluding hydrogens is 398 g/mol. The van der Waals surface area contributed by atoms with Crippen molar-refractivity contribution in [2.24, 2.45) is 5.41 Å². The lowest BCUT2D eigenvalue weighted by Gasteiger charge is -2.21. The highest BCUT2D eigenvalue weighted by atomic mass is 35.5. The van der Waals surface area contributed by atoms with Gasteiger partial charge in [0.2, 0.25) is 5.91 Å². The molecule has 152 valence electrons. The number of carbonyl (C=O) groups is 2. The molecule has 1 amide bonds. The van der Waals surface area contributed by atoms with E-state index in [0.717, 1.165) is 37.2 Å². The predicted molar refractivity (Wildman–Crippen MR) is 115 cm³/mol. The van der Waals surface area contributed by atoms with Gasteiger partial charge in [-0.15, -0.1) is 0 Å². The van der Waals surface area contributed by atoms with E-state index in [9.17, 15) is 9.59 Å². The molecule has 1 fully saturated rings. The van der Waals surface area contributed by atoms with Crippen molar-refractivity contribution in [3.8, 4) is 5.69 Å². The number of Topliss-reactive ketones (excluding diaryl/α,β-unsaturated/α-hetero) is 1. The average Bonchev–Trinajstić information content (AvgIpc) is 3.41. The van der Waals surface area contributed by atoms with Crippen LogP contribution < -0.4 is 5.32 Å². The lowest BCUT2D eigenvalue weighted by molar-refractivity contribution is -0.127. The fraction of sp³-hybridized carbons (Fsp3) is 0.292. The molecule has 1 saturated carbocycles. The number of imidazole rings is 1. The fourth-order valence-corrected chi connectivity index (χ4v) is 4.58. The van der Waals surface area contributed by atoms with Crippen molar-refractivity contribution < 1.29 is 9.59 Å². The molecule has 5 nitrogen and oxygen atoms in total. The highest BCUT2D eigenvalue weighted by molar-refractivity contribution is 6.34. The first-order valence-electron chi connectivity index (χ1n) is 10.3. The standard InChI is InChI=1S/C24H22ClN3O2/c25-18-7-3-2-6-17(18)21(29)15-24(11-12-24)23(30)27-19-10-9-16-5-1-4-8-20(16)28-14-13-26-22(19)28/h1-8,13-14,19H,9-12,15H2,(H,27,30)/t19-/m1/s1. The van der Waals surface area contributed by atoms with Gasteiger partial charge in [-0.2, -0.15) is 0 Å². The highest BCUT2D eigenvalue weighted by Crippen LogP contribution is 2.50. The maximum atomic E-state index is 13.2. The molecule has 30 heavy (non-hydrogen) atoms. The molecule has 1 atom stereocenters. The molecule has 5 rings (SSSR count). The van der Waals surface area contributed by atoms with E-state index in [0.29, 0.717) is 10.6 Å². The number of nitrogens with one attached hydrogen (secondary N) is 1. The molecule has 2 aliphatic rings. The maximum Gasteiger partial charge on any atom is 0.227 e. The van der Waals surface area contributed by atoms with Gasteiger partial charge < -0.3 is 9.88 Å². The lowest BCUT2D eigenvalue weighted by Crippen LogP contribution is -2.37. The number of carbonyl (C=O) groups excluding carboxylic acids is 2. The van der Waals surface area contributed by atoms with Gasteiger partial charge in [-0.05, 0) is 49.4 Å². The second-order valence-electron chi connectivity index (χ2n) is 8.21. The van der Waals surface area contributed by atoms with Crippen LogP contribution in [0.25, 0.3) is 5.69 Å². The molecule has 1 aromatic heterocycles. The Morgan fingerprint density at radius 3 is 2.70 bits per heavy atom. The van der Waals surface area contributed by atoms with Crippen molar-refractivity contribution in [2.45, 2.75) is 38.1 Å². The number of aryl methyl sites for hydroxylation is 1. The summed E-state index contributed by atoms with van der Waals surface area (Å²) in [7, 11) is 0. The van der Waals surface area contributed by atoms with Crippen molar-refractivity contribution in [3.63, 3.8) is 0 Å². The van der Waals surface area contributed by atoms with Crippen molar-refractivity contribution in [2.75, 3.05) is 0 Å². The van der Waals surface area contributed by atoms with Crippen molar-refractivity contribution >= 4 is 23.3 Å². The Kier molecular flexibility index (Phi) is 4.70. The number of ketones is 1. The van der Waals surface area contributed by atoms with Gasteiger partial charge in [0.25, 0.3) is 0 Å². The Morgan fingerprint density at radius 1 is 1.13 bits per heavy atom. The third kappa shape index (κ3) is 3.33. The zero-order valence-electron chi connectivity index (χ0n) is 16.5. The summed E-state index contributed by atoms with van der Waals surface area (Å²) in [6, 6.07) is 15.1. The third-order valence-corrected chi connectivity index (χ3v) is 6.58. The van der Waals surface area contributed by atoms with Gasteiger partial charge in [0.05, 0.1) is 16.5 Å². The molecule has 0 saturated heterocycles. The number of hydrogen-bond acceptors (Lipinski definition) is 3. The SMILES string of the molecule is O=C(CC1(C(=O)N[C@@H]2CCc3ccccc3-n3ccnc32)CC1)c1ccccc1Cl. The maximum absolute atomic E-state index is 13.2. The molecule has 0 bridgehead atoms. The Labute approximate surface area is 180 Å². The van der Waals surface area contributed by atoms with E-state index in [1.54, 1.807) is 30.5 Å². The smallest absolute Gasteiger partial charge is 0.227 e. The molecule has 0 radical (unpaired) electrons. The average molecular weight is 420 g/mol. The molecule has 0 spiro atoms. The van der Waals surface area contributed by atoms with E-state index in [2.05, 4.69) is 27.0 Å². The van der Waals surface area contributed by atoms with Crippen LogP contribution in [0.3, 0.4) is 0 Å². The van der Waals surface area contributed by atoms with E-state index in [1.807, 2.05) is 18.3 Å². The van der Waals surface area contributed by atoms with Crippen LogP contribution in [0.2, 0.25) is 5.02 Å². The number of aromatic nitrogens is 2. The molecular formula is C24H22ClN3O2. The molecule has 2 heterocycles. The van der Waals surface area contributed by atoms with Crippen LogP contribution in [0.1, 0.15) is 53.5 Å². The zero-order valence-corrected chi connectivity index (χ0v) is 17.2. The summed E-state index contributed by atoms with van der Waals surface area (Å²) in [5, 5.41) is 3.64. The predicted octanol–water partition coefficient (Wildman–Crippen LogP) is 4.68. The minimum Gasteiger partial charge on any atom is -0.346 e. The van der Waals surface area contributed by atoms with Gasteiger partial charge in [-0.3, -0.25) is 9.59 Å². The van der Waals surface area contributed by atoms with E-state index in [4.69, 9.17) is 11.6 Å². The molecule has 6 heteroatoms. The van der Waals surface area contributed by atoms with Gasteiger partial charge in [0.1, 0.15) is 5.82 Å². The van der Waals surface area contributed by atoms with Crippen molar-refractivity contribution in [1.29, 1.82) is 0 Å². The van der Waals surface area contributed by atoms with E-state index < -0.39 is 5.41 Å². The highest BCUT2D eigenvalue weighted by Gasteiger charge is 2.51. The lowest BCUT2D eigenvalue weighted by atomic mass is 9.94. The molecule has 1 aliphatic carbocycles. The van der Waals surface area contributed by atoms with Crippen LogP contribution in [0.4, 0.5) is 0 Å². The normalized spacial score (nSPS) is 18.6. The molecule has 1 N–H and O–H groups in total. The summed E-state index contributed by atoms with van der Waals surface area (Å²) in [4.78, 5) is 30.6. The first kappa shape index (κ1) is 19.1. The molecule has 2 aromatic carbocycles. The van der Waals surface area contributed by atoms with Gasteiger partial charge in [-0.25, -0.2) is 4.98 Å². The molecule has 0 unspecified atom stereocenters. The number of hydrogen-bond donors (Lipinski definition) is 1. The number of nitrogens with zero attached hydrogens (tertiary/aromatic N) is 2. The Hall–Kier alpha value is -2.92. The van der Waals surface area contributed by atoms with Gasteiger partial charge in [0, 0.05) is 30.1 Å². The minimum atomic E-state index is -0.632. The Bertz CT molecular complexity index is 1130. The fourth-order valence-electron chi connectivity index (χ4n) is 4.34. The number of para-hydroxylation sites is 1. The van der Waals surface area contributed by atoms with Crippen LogP contribution in [0.5, 0.6) is 0 Å². The number of rotatable bonds is 5. The quantitative estimate of drug-likeness (QED) is 0.610. The first-order valence-corrected chi connectivity index (χ1v) is 10.7. The number of halogens is 1. The number of benzene rings is 2. The van der Waals surface area contributed by atoms with E-state index in [1.165, 1.54) is 5.56 Å². The Morgan fingerprint density at radius 2 is 1.90 bits per heavy atom. The Balaban J connectivity index is 1.35. The number of amides is 1. The van der Waals surface area contributed by atoms with E-state index >= 15 is 0 Å². The van der Waals surface area contributed by atoms with Crippen LogP contribution in [-0.4, -0.2) is 21.2 Å². The summed E-state index contributed by atoms with van der Waals surface area (Å²) < 4.78 is 2.06. The van der Waals surface area contributed by atoms with Gasteiger partial charge in [-0.1, -0.05) is 41.9 Å². The minimum absolute atomic E-state index is 0.0617. The molecule has 3 aromatic rings. The summed E-state index contributed by atoms with van der Waals surface area (Å²) >= 11 is 6.18. The summed E-state index contributed by atoms with van der Waals surface area (Å²) in [6.45, 7) is 0. The largest absolute Gasteiger partial charge is 0.346 e. The van der Waals surface area contributed by atoms with Crippen LogP contribution in [0.15, 0.2) is 60.9 Å². The van der Waals surface area contributed by atoms with Crippen LogP contribution >= 0.6 is 11.6 Å². The number of fused-ring (bicyclic) bond motifs is 3.